The summed E-state index contributed by atoms with van der Waals surface area (Å²) in [6.45, 7) is 7.84. The molecule has 1 amide bonds. The van der Waals surface area contributed by atoms with Crippen molar-refractivity contribution in [3.8, 4) is 0 Å². The summed E-state index contributed by atoms with van der Waals surface area (Å²) < 4.78 is 0. The smallest absolute Gasteiger partial charge is 0.323 e. The van der Waals surface area contributed by atoms with E-state index in [0.717, 1.165) is 19.4 Å². The Labute approximate surface area is 109 Å². The predicted octanol–water partition coefficient (Wildman–Crippen LogP) is 0.945. The zero-order chi connectivity index (χ0) is 13.8. The van der Waals surface area contributed by atoms with Gasteiger partial charge in [0.15, 0.2) is 0 Å². The number of carboxylic acid groups (broad SMARTS) is 1. The van der Waals surface area contributed by atoms with Crippen molar-refractivity contribution in [2.24, 2.45) is 11.3 Å². The Balaban J connectivity index is 2.88. The first-order chi connectivity index (χ1) is 8.44. The van der Waals surface area contributed by atoms with Gasteiger partial charge in [-0.3, -0.25) is 9.59 Å². The average Bonchev–Trinajstić information content (AvgIpc) is 2.77. The van der Waals surface area contributed by atoms with Gasteiger partial charge in [-0.1, -0.05) is 20.8 Å². The number of amides is 1. The Hall–Kier alpha value is -1.10. The van der Waals surface area contributed by atoms with E-state index in [-0.39, 0.29) is 18.4 Å². The van der Waals surface area contributed by atoms with Gasteiger partial charge in [-0.05, 0) is 25.3 Å². The van der Waals surface area contributed by atoms with Gasteiger partial charge in [0, 0.05) is 13.1 Å². The minimum Gasteiger partial charge on any atom is -0.480 e. The summed E-state index contributed by atoms with van der Waals surface area (Å²) in [5.74, 6) is -0.735. The highest BCUT2D eigenvalue weighted by Crippen LogP contribution is 2.36. The molecule has 2 N–H and O–H groups in total. The van der Waals surface area contributed by atoms with Gasteiger partial charge >= 0.3 is 5.97 Å². The minimum absolute atomic E-state index is 0.00764. The summed E-state index contributed by atoms with van der Waals surface area (Å²) in [4.78, 5) is 25.0. The van der Waals surface area contributed by atoms with Crippen molar-refractivity contribution in [2.45, 2.75) is 33.6 Å². The van der Waals surface area contributed by atoms with E-state index in [0.29, 0.717) is 13.1 Å². The number of aliphatic carboxylic acids is 1. The highest BCUT2D eigenvalue weighted by molar-refractivity contribution is 5.86. The van der Waals surface area contributed by atoms with Crippen LogP contribution in [0.25, 0.3) is 0 Å². The van der Waals surface area contributed by atoms with Gasteiger partial charge in [0.1, 0.15) is 6.54 Å². The third-order valence-corrected chi connectivity index (χ3v) is 3.83. The Morgan fingerprint density at radius 2 is 2.11 bits per heavy atom. The van der Waals surface area contributed by atoms with Crippen LogP contribution >= 0.6 is 0 Å². The molecule has 1 aliphatic rings. The van der Waals surface area contributed by atoms with E-state index in [1.807, 2.05) is 20.8 Å². The number of hydrogen-bond acceptors (Lipinski definition) is 3. The molecule has 0 radical (unpaired) electrons. The Morgan fingerprint density at radius 1 is 1.44 bits per heavy atom. The van der Waals surface area contributed by atoms with Crippen LogP contribution in [0.3, 0.4) is 0 Å². The largest absolute Gasteiger partial charge is 0.480 e. The van der Waals surface area contributed by atoms with Crippen LogP contribution < -0.4 is 5.32 Å². The van der Waals surface area contributed by atoms with Gasteiger partial charge in [-0.2, -0.15) is 0 Å². The van der Waals surface area contributed by atoms with Gasteiger partial charge in [0.2, 0.25) is 5.91 Å². The van der Waals surface area contributed by atoms with Crippen molar-refractivity contribution in [2.75, 3.05) is 26.2 Å². The van der Waals surface area contributed by atoms with Crippen molar-refractivity contribution < 1.29 is 14.7 Å². The first-order valence-electron chi connectivity index (χ1n) is 6.66. The van der Waals surface area contributed by atoms with Crippen molar-refractivity contribution >= 4 is 11.9 Å². The van der Waals surface area contributed by atoms with Crippen LogP contribution in [0.4, 0.5) is 0 Å². The van der Waals surface area contributed by atoms with E-state index in [4.69, 9.17) is 5.11 Å². The van der Waals surface area contributed by atoms with Crippen LogP contribution in [0.1, 0.15) is 33.6 Å². The number of rotatable bonds is 6. The van der Waals surface area contributed by atoms with E-state index in [1.165, 1.54) is 4.90 Å². The number of carbonyl (C=O) groups is 2. The second-order valence-corrected chi connectivity index (χ2v) is 5.36. The molecule has 1 saturated heterocycles. The molecule has 0 saturated carbocycles. The van der Waals surface area contributed by atoms with Crippen LogP contribution in [0, 0.1) is 11.3 Å². The van der Waals surface area contributed by atoms with Crippen LogP contribution in [0.5, 0.6) is 0 Å². The lowest BCUT2D eigenvalue weighted by molar-refractivity contribution is -0.151. The molecule has 0 bridgehead atoms. The van der Waals surface area contributed by atoms with Crippen LogP contribution in [0.2, 0.25) is 0 Å². The zero-order valence-electron chi connectivity index (χ0n) is 11.5. The van der Waals surface area contributed by atoms with Gasteiger partial charge in [0.05, 0.1) is 5.41 Å². The number of nitrogens with zero attached hydrogens (tertiary/aromatic N) is 1. The van der Waals surface area contributed by atoms with E-state index in [1.54, 1.807) is 0 Å². The normalized spacial score (nSPS) is 23.3. The molecule has 1 fully saturated rings. The molecule has 18 heavy (non-hydrogen) atoms. The average molecular weight is 256 g/mol. The quantitative estimate of drug-likeness (QED) is 0.742. The number of hydrogen-bond donors (Lipinski definition) is 2. The molecule has 1 rings (SSSR count). The number of carbonyl (C=O) groups excluding carboxylic acids is 1. The SMILES string of the molecule is CCCN(CC(=O)O)C(=O)C1(C(C)C)CCNC1. The van der Waals surface area contributed by atoms with Crippen molar-refractivity contribution in [3.05, 3.63) is 0 Å². The second kappa shape index (κ2) is 6.18. The molecule has 1 heterocycles. The maximum absolute atomic E-state index is 12.7. The molecule has 5 nitrogen and oxygen atoms in total. The number of nitrogens with one attached hydrogen (secondary N) is 1. The maximum atomic E-state index is 12.7. The van der Waals surface area contributed by atoms with Crippen LogP contribution in [-0.2, 0) is 9.59 Å². The molecule has 104 valence electrons. The third-order valence-electron chi connectivity index (χ3n) is 3.83. The third kappa shape index (κ3) is 3.02. The highest BCUT2D eigenvalue weighted by Gasteiger charge is 2.46. The first kappa shape index (κ1) is 15.0. The summed E-state index contributed by atoms with van der Waals surface area (Å²) in [5, 5.41) is 12.1. The number of carboxylic acids is 1. The Kier molecular flexibility index (Phi) is 5.14. The Morgan fingerprint density at radius 3 is 2.50 bits per heavy atom. The molecule has 1 unspecified atom stereocenters. The van der Waals surface area contributed by atoms with Crippen LogP contribution in [0.15, 0.2) is 0 Å². The van der Waals surface area contributed by atoms with E-state index >= 15 is 0 Å². The van der Waals surface area contributed by atoms with Crippen molar-refractivity contribution in [3.63, 3.8) is 0 Å². The molecule has 0 spiro atoms. The van der Waals surface area contributed by atoms with Gasteiger partial charge < -0.3 is 15.3 Å². The topological polar surface area (TPSA) is 69.6 Å². The lowest BCUT2D eigenvalue weighted by Crippen LogP contribution is -2.50. The standard InChI is InChI=1S/C13H24N2O3/c1-4-7-15(8-11(16)17)12(18)13(10(2)3)5-6-14-9-13/h10,14H,4-9H2,1-3H3,(H,16,17). The monoisotopic (exact) mass is 256 g/mol. The minimum atomic E-state index is -0.943. The summed E-state index contributed by atoms with van der Waals surface area (Å²) >= 11 is 0. The second-order valence-electron chi connectivity index (χ2n) is 5.36. The fourth-order valence-corrected chi connectivity index (χ4v) is 2.63. The predicted molar refractivity (Wildman–Crippen MR) is 69.3 cm³/mol. The fraction of sp³-hybridized carbons (Fsp3) is 0.846. The molecule has 0 aromatic heterocycles. The molecular weight excluding hydrogens is 232 g/mol. The summed E-state index contributed by atoms with van der Waals surface area (Å²) in [6.07, 6.45) is 1.57. The van der Waals surface area contributed by atoms with E-state index < -0.39 is 11.4 Å². The summed E-state index contributed by atoms with van der Waals surface area (Å²) in [7, 11) is 0. The molecule has 0 aromatic carbocycles. The molecule has 5 heteroatoms. The van der Waals surface area contributed by atoms with Crippen molar-refractivity contribution in [1.82, 2.24) is 10.2 Å². The van der Waals surface area contributed by atoms with Gasteiger partial charge in [-0.25, -0.2) is 0 Å². The first-order valence-corrected chi connectivity index (χ1v) is 6.66. The fourth-order valence-electron chi connectivity index (χ4n) is 2.63. The molecule has 1 aliphatic heterocycles. The highest BCUT2D eigenvalue weighted by atomic mass is 16.4. The van der Waals surface area contributed by atoms with Gasteiger partial charge in [-0.15, -0.1) is 0 Å². The molecular formula is C13H24N2O3. The maximum Gasteiger partial charge on any atom is 0.323 e. The Bertz CT molecular complexity index is 309. The molecule has 0 aromatic rings. The van der Waals surface area contributed by atoms with E-state index in [9.17, 15) is 9.59 Å². The molecule has 1 atom stereocenters. The van der Waals surface area contributed by atoms with Crippen molar-refractivity contribution in [1.29, 1.82) is 0 Å². The van der Waals surface area contributed by atoms with Crippen LogP contribution in [-0.4, -0.2) is 48.1 Å². The van der Waals surface area contributed by atoms with Gasteiger partial charge in [0.25, 0.3) is 0 Å². The summed E-state index contributed by atoms with van der Waals surface area (Å²) in [5.41, 5.74) is -0.426. The lowest BCUT2D eigenvalue weighted by Gasteiger charge is -2.36. The van der Waals surface area contributed by atoms with E-state index in [2.05, 4.69) is 5.32 Å². The lowest BCUT2D eigenvalue weighted by atomic mass is 9.75. The summed E-state index contributed by atoms with van der Waals surface area (Å²) in [6, 6.07) is 0. The zero-order valence-corrected chi connectivity index (χ0v) is 11.5. The molecule has 0 aliphatic carbocycles.